The maximum absolute atomic E-state index is 12.6. The Kier molecular flexibility index (Phi) is 3.60. The van der Waals surface area contributed by atoms with Crippen molar-refractivity contribution in [2.24, 2.45) is 0 Å². The van der Waals surface area contributed by atoms with Crippen LogP contribution in [-0.4, -0.2) is 36.0 Å². The van der Waals surface area contributed by atoms with Crippen molar-refractivity contribution in [2.45, 2.75) is 12.8 Å². The Hall–Kier alpha value is -2.36. The van der Waals surface area contributed by atoms with Crippen molar-refractivity contribution in [2.75, 3.05) is 20.2 Å². The van der Waals surface area contributed by atoms with Crippen LogP contribution in [0.4, 0.5) is 0 Å². The summed E-state index contributed by atoms with van der Waals surface area (Å²) in [5.74, 6) is 1.02. The zero-order valence-electron chi connectivity index (χ0n) is 12.2. The molecule has 21 heavy (non-hydrogen) atoms. The highest BCUT2D eigenvalue weighted by Crippen LogP contribution is 2.30. The van der Waals surface area contributed by atoms with Gasteiger partial charge in [0, 0.05) is 30.9 Å². The number of likely N-dealkylation sites (tertiary alicyclic amines) is 1. The van der Waals surface area contributed by atoms with E-state index in [0.29, 0.717) is 30.3 Å². The van der Waals surface area contributed by atoms with Crippen LogP contribution in [0.3, 0.4) is 0 Å². The third kappa shape index (κ3) is 2.49. The minimum Gasteiger partial charge on any atom is -0.496 e. The molecule has 1 aromatic carbocycles. The molecule has 1 amide bonds. The van der Waals surface area contributed by atoms with Crippen molar-refractivity contribution in [3.63, 3.8) is 0 Å². The average molecular weight is 282 g/mol. The van der Waals surface area contributed by atoms with Crippen LogP contribution in [-0.2, 0) is 0 Å². The molecule has 1 aromatic heterocycles. The number of methoxy groups -OCH3 is 1. The van der Waals surface area contributed by atoms with E-state index in [0.717, 1.165) is 11.3 Å². The number of ether oxygens (including phenoxy) is 1. The molecule has 0 aliphatic carbocycles. The number of hydrogen-bond donors (Lipinski definition) is 0. The molecule has 4 heteroatoms. The van der Waals surface area contributed by atoms with Crippen LogP contribution < -0.4 is 4.74 Å². The van der Waals surface area contributed by atoms with Gasteiger partial charge in [-0.2, -0.15) is 0 Å². The third-order valence-corrected chi connectivity index (χ3v) is 3.94. The van der Waals surface area contributed by atoms with Crippen LogP contribution in [0.15, 0.2) is 42.6 Å². The summed E-state index contributed by atoms with van der Waals surface area (Å²) >= 11 is 0. The van der Waals surface area contributed by atoms with Gasteiger partial charge >= 0.3 is 0 Å². The van der Waals surface area contributed by atoms with Crippen molar-refractivity contribution in [1.82, 2.24) is 9.88 Å². The van der Waals surface area contributed by atoms with Crippen LogP contribution in [0, 0.1) is 6.92 Å². The lowest BCUT2D eigenvalue weighted by atomic mass is 9.94. The topological polar surface area (TPSA) is 42.4 Å². The average Bonchev–Trinajstić information content (AvgIpc) is 2.46. The fourth-order valence-electron chi connectivity index (χ4n) is 2.69. The third-order valence-electron chi connectivity index (χ3n) is 3.94. The number of aromatic nitrogens is 1. The molecule has 0 bridgehead atoms. The van der Waals surface area contributed by atoms with Gasteiger partial charge in [0.2, 0.25) is 0 Å². The normalized spacial score (nSPS) is 14.7. The summed E-state index contributed by atoms with van der Waals surface area (Å²) in [6.45, 7) is 3.37. The van der Waals surface area contributed by atoms with E-state index in [2.05, 4.69) is 4.98 Å². The Bertz CT molecular complexity index is 649. The van der Waals surface area contributed by atoms with E-state index in [9.17, 15) is 4.79 Å². The summed E-state index contributed by atoms with van der Waals surface area (Å²) in [4.78, 5) is 18.8. The summed E-state index contributed by atoms with van der Waals surface area (Å²) in [5.41, 5.74) is 2.67. The van der Waals surface area contributed by atoms with Crippen molar-refractivity contribution in [3.8, 4) is 5.75 Å². The Morgan fingerprint density at radius 1 is 1.24 bits per heavy atom. The molecule has 0 unspecified atom stereocenters. The van der Waals surface area contributed by atoms with Crippen molar-refractivity contribution < 1.29 is 9.53 Å². The zero-order chi connectivity index (χ0) is 14.8. The first-order valence-corrected chi connectivity index (χ1v) is 7.04. The van der Waals surface area contributed by atoms with Crippen molar-refractivity contribution in [1.29, 1.82) is 0 Å². The number of rotatable bonds is 3. The lowest BCUT2D eigenvalue weighted by Crippen LogP contribution is -2.48. The van der Waals surface area contributed by atoms with E-state index < -0.39 is 0 Å². The molecule has 0 radical (unpaired) electrons. The van der Waals surface area contributed by atoms with Crippen LogP contribution in [0.1, 0.15) is 27.5 Å². The van der Waals surface area contributed by atoms with Gasteiger partial charge in [-0.1, -0.05) is 18.2 Å². The number of benzene rings is 1. The van der Waals surface area contributed by atoms with Gasteiger partial charge in [0.05, 0.1) is 12.7 Å². The second-order valence-electron chi connectivity index (χ2n) is 5.31. The molecule has 108 valence electrons. The predicted molar refractivity (Wildman–Crippen MR) is 80.6 cm³/mol. The van der Waals surface area contributed by atoms with Gasteiger partial charge in [0.25, 0.3) is 5.91 Å². The molecule has 1 saturated heterocycles. The van der Waals surface area contributed by atoms with E-state index in [1.54, 1.807) is 13.3 Å². The monoisotopic (exact) mass is 282 g/mol. The summed E-state index contributed by atoms with van der Waals surface area (Å²) in [5, 5.41) is 0. The highest BCUT2D eigenvalue weighted by molar-refractivity contribution is 5.99. The maximum atomic E-state index is 12.6. The van der Waals surface area contributed by atoms with Gasteiger partial charge in [-0.3, -0.25) is 9.78 Å². The number of nitrogens with zero attached hydrogens (tertiary/aromatic N) is 2. The lowest BCUT2D eigenvalue weighted by molar-refractivity contribution is 0.0594. The van der Waals surface area contributed by atoms with Crippen molar-refractivity contribution >= 4 is 5.91 Å². The van der Waals surface area contributed by atoms with Crippen LogP contribution >= 0.6 is 0 Å². The Labute approximate surface area is 124 Å². The molecular formula is C17H18N2O2. The molecule has 4 nitrogen and oxygen atoms in total. The SMILES string of the molecule is COc1cccc(C)c1C(=O)N1CC(c2ccccn2)C1. The fraction of sp³-hybridized carbons (Fsp3) is 0.294. The highest BCUT2D eigenvalue weighted by Gasteiger charge is 2.34. The summed E-state index contributed by atoms with van der Waals surface area (Å²) in [7, 11) is 1.60. The molecule has 1 aliphatic heterocycles. The standard InChI is InChI=1S/C17H18N2O2/c1-12-6-5-8-15(21-2)16(12)17(20)19-10-13(11-19)14-7-3-4-9-18-14/h3-9,13H,10-11H2,1-2H3. The largest absolute Gasteiger partial charge is 0.496 e. The number of amides is 1. The first-order valence-electron chi connectivity index (χ1n) is 7.04. The summed E-state index contributed by atoms with van der Waals surface area (Å²) in [6, 6.07) is 11.6. The number of carbonyl (C=O) groups is 1. The zero-order valence-corrected chi connectivity index (χ0v) is 12.2. The minimum absolute atomic E-state index is 0.0390. The van der Waals surface area contributed by atoms with Crippen molar-refractivity contribution in [3.05, 3.63) is 59.4 Å². The molecule has 0 saturated carbocycles. The number of hydrogen-bond acceptors (Lipinski definition) is 3. The second-order valence-corrected chi connectivity index (χ2v) is 5.31. The molecule has 1 fully saturated rings. The fourth-order valence-corrected chi connectivity index (χ4v) is 2.69. The van der Waals surface area contributed by atoms with E-state index >= 15 is 0 Å². The van der Waals surface area contributed by atoms with E-state index in [4.69, 9.17) is 4.74 Å². The molecule has 0 N–H and O–H groups in total. The van der Waals surface area contributed by atoms with E-state index in [1.807, 2.05) is 48.2 Å². The van der Waals surface area contributed by atoms with E-state index in [1.165, 1.54) is 0 Å². The van der Waals surface area contributed by atoms with Gasteiger partial charge in [0.15, 0.2) is 0 Å². The minimum atomic E-state index is 0.0390. The molecule has 0 atom stereocenters. The Morgan fingerprint density at radius 2 is 2.05 bits per heavy atom. The van der Waals surface area contributed by atoms with Gasteiger partial charge in [-0.25, -0.2) is 0 Å². The smallest absolute Gasteiger partial charge is 0.257 e. The molecule has 3 rings (SSSR count). The van der Waals surface area contributed by atoms with Gasteiger partial charge < -0.3 is 9.64 Å². The maximum Gasteiger partial charge on any atom is 0.257 e. The summed E-state index contributed by atoms with van der Waals surface area (Å²) in [6.07, 6.45) is 1.80. The highest BCUT2D eigenvalue weighted by atomic mass is 16.5. The van der Waals surface area contributed by atoms with Gasteiger partial charge in [-0.05, 0) is 30.7 Å². The van der Waals surface area contributed by atoms with E-state index in [-0.39, 0.29) is 5.91 Å². The first kappa shape index (κ1) is 13.6. The quantitative estimate of drug-likeness (QED) is 0.869. The first-order chi connectivity index (χ1) is 10.2. The number of aryl methyl sites for hydroxylation is 1. The molecule has 2 aromatic rings. The van der Waals surface area contributed by atoms with Crippen LogP contribution in [0.25, 0.3) is 0 Å². The van der Waals surface area contributed by atoms with Gasteiger partial charge in [0.1, 0.15) is 5.75 Å². The molecule has 2 heterocycles. The summed E-state index contributed by atoms with van der Waals surface area (Å²) < 4.78 is 5.32. The number of pyridine rings is 1. The van der Waals surface area contributed by atoms with Crippen LogP contribution in [0.5, 0.6) is 5.75 Å². The second kappa shape index (κ2) is 5.56. The molecule has 1 aliphatic rings. The predicted octanol–water partition coefficient (Wildman–Crippen LogP) is 2.64. The van der Waals surface area contributed by atoms with Crippen LogP contribution in [0.2, 0.25) is 0 Å². The van der Waals surface area contributed by atoms with Gasteiger partial charge in [-0.15, -0.1) is 0 Å². The molecule has 0 spiro atoms. The Balaban J connectivity index is 1.74. The Morgan fingerprint density at radius 3 is 2.71 bits per heavy atom. The number of carbonyl (C=O) groups excluding carboxylic acids is 1. The molecular weight excluding hydrogens is 264 g/mol. The lowest BCUT2D eigenvalue weighted by Gasteiger charge is -2.39.